The predicted molar refractivity (Wildman–Crippen MR) is 125 cm³/mol. The summed E-state index contributed by atoms with van der Waals surface area (Å²) < 4.78 is 0. The van der Waals surface area contributed by atoms with E-state index in [0.717, 1.165) is 33.5 Å². The zero-order valence-electron chi connectivity index (χ0n) is 17.3. The molecule has 2 heterocycles. The lowest BCUT2D eigenvalue weighted by Crippen LogP contribution is -2.18. The lowest BCUT2D eigenvalue weighted by atomic mass is 10.0. The highest BCUT2D eigenvalue weighted by molar-refractivity contribution is 7.13. The molecule has 0 aliphatic heterocycles. The number of amides is 1. The number of pyridine rings is 1. The van der Waals surface area contributed by atoms with Crippen LogP contribution in [0.25, 0.3) is 22.2 Å². The molecule has 4 nitrogen and oxygen atoms in total. The van der Waals surface area contributed by atoms with Crippen LogP contribution in [0.2, 0.25) is 0 Å². The minimum absolute atomic E-state index is 0.248. The smallest absolute Gasteiger partial charge is 0.267 e. The lowest BCUT2D eigenvalue weighted by Gasteiger charge is -2.10. The standard InChI is InChI=1S/C25H23N3OS/c1-4-19-11-12-20(30-19)15-26-28-25(29)22-14-24(18-10-9-16(2)17(3)13-18)27-23-8-6-5-7-21(22)23/h5-15H,4H2,1-3H3,(H,28,29)/b26-15-. The number of hydrogen-bond donors (Lipinski definition) is 1. The third kappa shape index (κ3) is 4.16. The van der Waals surface area contributed by atoms with Crippen LogP contribution in [-0.2, 0) is 6.42 Å². The maximum atomic E-state index is 13.0. The summed E-state index contributed by atoms with van der Waals surface area (Å²) in [6.45, 7) is 6.29. The summed E-state index contributed by atoms with van der Waals surface area (Å²) >= 11 is 1.67. The Hall–Kier alpha value is -3.31. The molecule has 0 saturated carbocycles. The number of rotatable bonds is 5. The van der Waals surface area contributed by atoms with E-state index in [1.54, 1.807) is 17.6 Å². The highest BCUT2D eigenvalue weighted by Gasteiger charge is 2.14. The van der Waals surface area contributed by atoms with Gasteiger partial charge in [0.1, 0.15) is 0 Å². The number of nitrogens with zero attached hydrogens (tertiary/aromatic N) is 2. The third-order valence-electron chi connectivity index (χ3n) is 5.15. The summed E-state index contributed by atoms with van der Waals surface area (Å²) in [5.74, 6) is -0.248. The van der Waals surface area contributed by atoms with Crippen LogP contribution in [-0.4, -0.2) is 17.1 Å². The molecule has 0 unspecified atom stereocenters. The molecule has 0 atom stereocenters. The van der Waals surface area contributed by atoms with Gasteiger partial charge < -0.3 is 0 Å². The number of carbonyl (C=O) groups is 1. The van der Waals surface area contributed by atoms with E-state index in [2.05, 4.69) is 49.5 Å². The highest BCUT2D eigenvalue weighted by atomic mass is 32.1. The fraction of sp³-hybridized carbons (Fsp3) is 0.160. The maximum absolute atomic E-state index is 13.0. The Balaban J connectivity index is 1.68. The Kier molecular flexibility index (Phi) is 5.72. The number of fused-ring (bicyclic) bond motifs is 1. The number of aryl methyl sites for hydroxylation is 3. The fourth-order valence-electron chi connectivity index (χ4n) is 3.28. The summed E-state index contributed by atoms with van der Waals surface area (Å²) in [6.07, 6.45) is 2.69. The second kappa shape index (κ2) is 8.59. The van der Waals surface area contributed by atoms with Gasteiger partial charge in [-0.3, -0.25) is 4.79 Å². The van der Waals surface area contributed by atoms with Crippen molar-refractivity contribution >= 4 is 34.4 Å². The van der Waals surface area contributed by atoms with Crippen molar-refractivity contribution in [1.82, 2.24) is 10.4 Å². The van der Waals surface area contributed by atoms with Crippen LogP contribution in [0.1, 0.15) is 38.2 Å². The molecule has 150 valence electrons. The van der Waals surface area contributed by atoms with Crippen molar-refractivity contribution < 1.29 is 4.79 Å². The van der Waals surface area contributed by atoms with Gasteiger partial charge in [0.25, 0.3) is 5.91 Å². The summed E-state index contributed by atoms with van der Waals surface area (Å²) in [5, 5.41) is 4.97. The average molecular weight is 414 g/mol. The topological polar surface area (TPSA) is 54.4 Å². The molecule has 0 saturated heterocycles. The monoisotopic (exact) mass is 413 g/mol. The summed E-state index contributed by atoms with van der Waals surface area (Å²) in [5.41, 5.74) is 8.21. The van der Waals surface area contributed by atoms with Gasteiger partial charge in [-0.15, -0.1) is 11.3 Å². The van der Waals surface area contributed by atoms with Crippen molar-refractivity contribution in [3.63, 3.8) is 0 Å². The van der Waals surface area contributed by atoms with Gasteiger partial charge in [0.2, 0.25) is 0 Å². The Bertz CT molecular complexity index is 1260. The van der Waals surface area contributed by atoms with Gasteiger partial charge in [-0.2, -0.15) is 5.10 Å². The molecular weight excluding hydrogens is 390 g/mol. The van der Waals surface area contributed by atoms with Crippen molar-refractivity contribution in [2.45, 2.75) is 27.2 Å². The van der Waals surface area contributed by atoms with Gasteiger partial charge in [-0.05, 0) is 61.7 Å². The molecule has 5 heteroatoms. The van der Waals surface area contributed by atoms with Gasteiger partial charge in [0, 0.05) is 20.7 Å². The predicted octanol–water partition coefficient (Wildman–Crippen LogP) is 5.91. The molecule has 0 bridgehead atoms. The minimum Gasteiger partial charge on any atom is -0.267 e. The van der Waals surface area contributed by atoms with Crippen LogP contribution in [0.3, 0.4) is 0 Å². The Morgan fingerprint density at radius 1 is 1.07 bits per heavy atom. The first-order chi connectivity index (χ1) is 14.5. The molecule has 0 aliphatic rings. The van der Waals surface area contributed by atoms with E-state index in [4.69, 9.17) is 4.98 Å². The molecule has 2 aromatic carbocycles. The molecule has 30 heavy (non-hydrogen) atoms. The van der Waals surface area contributed by atoms with Gasteiger partial charge in [-0.1, -0.05) is 37.3 Å². The normalized spacial score (nSPS) is 11.3. The third-order valence-corrected chi connectivity index (χ3v) is 6.32. The van der Waals surface area contributed by atoms with E-state index in [1.807, 2.05) is 42.5 Å². The molecule has 2 aromatic heterocycles. The number of benzene rings is 2. The van der Waals surface area contributed by atoms with Crippen molar-refractivity contribution in [3.05, 3.63) is 87.1 Å². The number of thiophene rings is 1. The fourth-order valence-corrected chi connectivity index (χ4v) is 4.11. The van der Waals surface area contributed by atoms with Crippen molar-refractivity contribution in [2.24, 2.45) is 5.10 Å². The summed E-state index contributed by atoms with van der Waals surface area (Å²) in [7, 11) is 0. The first kappa shape index (κ1) is 20.0. The first-order valence-electron chi connectivity index (χ1n) is 9.94. The number of carbonyl (C=O) groups excluding carboxylic acids is 1. The van der Waals surface area contributed by atoms with Crippen LogP contribution in [0.5, 0.6) is 0 Å². The number of para-hydroxylation sites is 1. The number of hydrogen-bond acceptors (Lipinski definition) is 4. The van der Waals surface area contributed by atoms with Crippen LogP contribution >= 0.6 is 11.3 Å². The van der Waals surface area contributed by atoms with E-state index in [1.165, 1.54) is 16.0 Å². The molecule has 0 radical (unpaired) electrons. The number of aromatic nitrogens is 1. The van der Waals surface area contributed by atoms with E-state index in [-0.39, 0.29) is 5.91 Å². The van der Waals surface area contributed by atoms with Crippen molar-refractivity contribution in [3.8, 4) is 11.3 Å². The SMILES string of the molecule is CCc1ccc(/C=N\NC(=O)c2cc(-c3ccc(C)c(C)c3)nc3ccccc23)s1. The molecule has 0 fully saturated rings. The Labute approximate surface area is 180 Å². The number of hydrazone groups is 1. The highest BCUT2D eigenvalue weighted by Crippen LogP contribution is 2.26. The molecule has 1 amide bonds. The first-order valence-corrected chi connectivity index (χ1v) is 10.8. The zero-order chi connectivity index (χ0) is 21.1. The molecule has 1 N–H and O–H groups in total. The largest absolute Gasteiger partial charge is 0.272 e. The Morgan fingerprint density at radius 2 is 1.90 bits per heavy atom. The second-order valence-corrected chi connectivity index (χ2v) is 8.43. The van der Waals surface area contributed by atoms with Crippen LogP contribution in [0, 0.1) is 13.8 Å². The van der Waals surface area contributed by atoms with Gasteiger partial charge in [-0.25, -0.2) is 10.4 Å². The van der Waals surface area contributed by atoms with Gasteiger partial charge in [0.05, 0.1) is 23.0 Å². The molecule has 4 rings (SSSR count). The summed E-state index contributed by atoms with van der Waals surface area (Å²) in [4.78, 5) is 20.1. The van der Waals surface area contributed by atoms with E-state index in [9.17, 15) is 4.79 Å². The van der Waals surface area contributed by atoms with E-state index >= 15 is 0 Å². The second-order valence-electron chi connectivity index (χ2n) is 7.23. The Morgan fingerprint density at radius 3 is 2.67 bits per heavy atom. The van der Waals surface area contributed by atoms with Gasteiger partial charge >= 0.3 is 0 Å². The maximum Gasteiger partial charge on any atom is 0.272 e. The lowest BCUT2D eigenvalue weighted by molar-refractivity contribution is 0.0956. The van der Waals surface area contributed by atoms with E-state index < -0.39 is 0 Å². The average Bonchev–Trinajstić information content (AvgIpc) is 3.23. The molecule has 0 spiro atoms. The van der Waals surface area contributed by atoms with Crippen molar-refractivity contribution in [1.29, 1.82) is 0 Å². The summed E-state index contributed by atoms with van der Waals surface area (Å²) in [6, 6.07) is 19.9. The minimum atomic E-state index is -0.248. The molecule has 4 aromatic rings. The van der Waals surface area contributed by atoms with E-state index in [0.29, 0.717) is 5.56 Å². The molecule has 0 aliphatic carbocycles. The molecular formula is C25H23N3OS. The van der Waals surface area contributed by atoms with Crippen LogP contribution < -0.4 is 5.43 Å². The number of nitrogens with one attached hydrogen (secondary N) is 1. The zero-order valence-corrected chi connectivity index (χ0v) is 18.1. The van der Waals surface area contributed by atoms with Gasteiger partial charge in [0.15, 0.2) is 0 Å². The van der Waals surface area contributed by atoms with Crippen molar-refractivity contribution in [2.75, 3.05) is 0 Å². The van der Waals surface area contributed by atoms with Crippen LogP contribution in [0.4, 0.5) is 0 Å². The van der Waals surface area contributed by atoms with Crippen LogP contribution in [0.15, 0.2) is 65.8 Å². The quantitative estimate of drug-likeness (QED) is 0.327.